The van der Waals surface area contributed by atoms with Crippen molar-refractivity contribution in [3.63, 3.8) is 0 Å². The second-order valence-corrected chi connectivity index (χ2v) is 6.24. The smallest absolute Gasteiger partial charge is 0.106 e. The molecule has 0 radical (unpaired) electrons. The molecule has 0 aromatic rings. The lowest BCUT2D eigenvalue weighted by Gasteiger charge is -2.32. The van der Waals surface area contributed by atoms with Crippen LogP contribution in [0.4, 0.5) is 0 Å². The van der Waals surface area contributed by atoms with Crippen LogP contribution in [0.5, 0.6) is 0 Å². The molecule has 0 saturated heterocycles. The van der Waals surface area contributed by atoms with E-state index < -0.39 is 0 Å². The maximum absolute atomic E-state index is 9.54. The zero-order chi connectivity index (χ0) is 16.3. The molecular weight excluding hydrogens is 262 g/mol. The van der Waals surface area contributed by atoms with E-state index in [1.165, 1.54) is 0 Å². The molecule has 0 aliphatic carbocycles. The summed E-state index contributed by atoms with van der Waals surface area (Å²) in [7, 11) is 1.75. The molecule has 0 aliphatic heterocycles. The number of ether oxygens (including phenoxy) is 1. The minimum absolute atomic E-state index is 0.337. The van der Waals surface area contributed by atoms with E-state index in [0.29, 0.717) is 12.1 Å². The van der Waals surface area contributed by atoms with Crippen molar-refractivity contribution in [1.82, 2.24) is 10.2 Å². The maximum atomic E-state index is 9.54. The minimum Gasteiger partial charge on any atom is -0.383 e. The summed E-state index contributed by atoms with van der Waals surface area (Å²) in [5.74, 6) is 0. The molecule has 2 unspecified atom stereocenters. The zero-order valence-corrected chi connectivity index (χ0v) is 14.9. The van der Waals surface area contributed by atoms with Crippen LogP contribution in [0.15, 0.2) is 0 Å². The van der Waals surface area contributed by atoms with Crippen molar-refractivity contribution in [3.8, 4) is 6.07 Å². The number of hydrogen-bond acceptors (Lipinski definition) is 4. The third-order valence-electron chi connectivity index (χ3n) is 4.23. The topological polar surface area (TPSA) is 48.3 Å². The predicted molar refractivity (Wildman–Crippen MR) is 89.3 cm³/mol. The third kappa shape index (κ3) is 7.80. The van der Waals surface area contributed by atoms with Crippen molar-refractivity contribution in [2.75, 3.05) is 26.8 Å². The number of methoxy groups -OCH3 is 1. The summed E-state index contributed by atoms with van der Waals surface area (Å²) in [6, 6.07) is 3.41. The Balaban J connectivity index is 4.47. The van der Waals surface area contributed by atoms with Gasteiger partial charge in [0.25, 0.3) is 0 Å². The molecule has 4 nitrogen and oxygen atoms in total. The van der Waals surface area contributed by atoms with Crippen LogP contribution in [-0.2, 0) is 4.74 Å². The van der Waals surface area contributed by atoms with Crippen LogP contribution in [0, 0.1) is 11.3 Å². The molecule has 2 atom stereocenters. The number of nitrogens with zero attached hydrogens (tertiary/aromatic N) is 2. The summed E-state index contributed by atoms with van der Waals surface area (Å²) in [5, 5.41) is 13.0. The lowest BCUT2D eigenvalue weighted by atomic mass is 9.91. The molecule has 0 saturated carbocycles. The average molecular weight is 297 g/mol. The van der Waals surface area contributed by atoms with Crippen LogP contribution < -0.4 is 5.32 Å². The largest absolute Gasteiger partial charge is 0.383 e. The highest BCUT2D eigenvalue weighted by Crippen LogP contribution is 2.18. The van der Waals surface area contributed by atoms with Crippen LogP contribution in [0.1, 0.15) is 60.3 Å². The fourth-order valence-electron chi connectivity index (χ4n) is 2.67. The van der Waals surface area contributed by atoms with E-state index >= 15 is 0 Å². The Morgan fingerprint density at radius 3 is 2.33 bits per heavy atom. The fraction of sp³-hybridized carbons (Fsp3) is 0.941. The Kier molecular flexibility index (Phi) is 10.7. The molecule has 4 heteroatoms. The van der Waals surface area contributed by atoms with Crippen molar-refractivity contribution in [2.45, 2.75) is 77.9 Å². The highest BCUT2D eigenvalue weighted by atomic mass is 16.5. The summed E-state index contributed by atoms with van der Waals surface area (Å²) in [6.45, 7) is 13.5. The van der Waals surface area contributed by atoms with E-state index in [-0.39, 0.29) is 5.54 Å². The molecule has 0 bridgehead atoms. The molecule has 0 aliphatic rings. The monoisotopic (exact) mass is 297 g/mol. The summed E-state index contributed by atoms with van der Waals surface area (Å²) in [5.41, 5.74) is -0.378. The van der Waals surface area contributed by atoms with Crippen LogP contribution in [0.2, 0.25) is 0 Å². The van der Waals surface area contributed by atoms with E-state index in [2.05, 4.69) is 50.9 Å². The van der Waals surface area contributed by atoms with Gasteiger partial charge in [-0.3, -0.25) is 10.2 Å². The molecule has 0 fully saturated rings. The first kappa shape index (κ1) is 20.4. The molecular formula is C17H35N3O. The molecule has 0 heterocycles. The van der Waals surface area contributed by atoms with E-state index in [1.54, 1.807) is 7.11 Å². The van der Waals surface area contributed by atoms with Gasteiger partial charge in [0, 0.05) is 25.7 Å². The SMILES string of the molecule is CCC(C)N(CCCC(C#N)(CC)NC(C)C)CCOC. The Labute approximate surface area is 131 Å². The molecule has 0 aromatic heterocycles. The molecule has 21 heavy (non-hydrogen) atoms. The molecule has 0 amide bonds. The van der Waals surface area contributed by atoms with Crippen LogP contribution in [0.25, 0.3) is 0 Å². The number of hydrogen-bond donors (Lipinski definition) is 1. The first-order chi connectivity index (χ1) is 9.94. The quantitative estimate of drug-likeness (QED) is 0.601. The maximum Gasteiger partial charge on any atom is 0.106 e. The Morgan fingerprint density at radius 2 is 1.90 bits per heavy atom. The van der Waals surface area contributed by atoms with Gasteiger partial charge in [-0.25, -0.2) is 0 Å². The predicted octanol–water partition coefficient (Wildman–Crippen LogP) is 3.18. The number of rotatable bonds is 12. The van der Waals surface area contributed by atoms with Gasteiger partial charge in [0.05, 0.1) is 12.7 Å². The summed E-state index contributed by atoms with van der Waals surface area (Å²) < 4.78 is 5.20. The Hall–Kier alpha value is -0.630. The molecule has 0 aromatic carbocycles. The van der Waals surface area contributed by atoms with Crippen molar-refractivity contribution >= 4 is 0 Å². The minimum atomic E-state index is -0.378. The van der Waals surface area contributed by atoms with Gasteiger partial charge in [0.1, 0.15) is 5.54 Å². The van der Waals surface area contributed by atoms with Gasteiger partial charge in [-0.1, -0.05) is 13.8 Å². The van der Waals surface area contributed by atoms with Gasteiger partial charge in [0.2, 0.25) is 0 Å². The van der Waals surface area contributed by atoms with Crippen LogP contribution in [-0.4, -0.2) is 49.3 Å². The van der Waals surface area contributed by atoms with Crippen molar-refractivity contribution in [2.24, 2.45) is 0 Å². The van der Waals surface area contributed by atoms with E-state index in [9.17, 15) is 5.26 Å². The molecule has 124 valence electrons. The van der Waals surface area contributed by atoms with Crippen molar-refractivity contribution < 1.29 is 4.74 Å². The second kappa shape index (κ2) is 11.0. The van der Waals surface area contributed by atoms with Crippen molar-refractivity contribution in [3.05, 3.63) is 0 Å². The number of nitrogens with one attached hydrogen (secondary N) is 1. The first-order valence-corrected chi connectivity index (χ1v) is 8.36. The van der Waals surface area contributed by atoms with Gasteiger partial charge in [-0.15, -0.1) is 0 Å². The van der Waals surface area contributed by atoms with Gasteiger partial charge in [-0.05, 0) is 53.0 Å². The fourth-order valence-corrected chi connectivity index (χ4v) is 2.67. The zero-order valence-electron chi connectivity index (χ0n) is 14.9. The van der Waals surface area contributed by atoms with E-state index in [4.69, 9.17) is 4.74 Å². The lowest BCUT2D eigenvalue weighted by molar-refractivity contribution is 0.119. The van der Waals surface area contributed by atoms with E-state index in [0.717, 1.165) is 45.4 Å². The summed E-state index contributed by atoms with van der Waals surface area (Å²) in [4.78, 5) is 2.47. The molecule has 0 rings (SSSR count). The van der Waals surface area contributed by atoms with Crippen LogP contribution >= 0.6 is 0 Å². The standard InChI is InChI=1S/C17H35N3O/c1-7-16(5)20(12-13-21-6)11-9-10-17(8-2,14-18)19-15(3)4/h15-16,19H,7-13H2,1-6H3. The first-order valence-electron chi connectivity index (χ1n) is 8.36. The lowest BCUT2D eigenvalue weighted by Crippen LogP contribution is -2.47. The summed E-state index contributed by atoms with van der Waals surface area (Å²) >= 11 is 0. The normalized spacial score (nSPS) is 16.0. The van der Waals surface area contributed by atoms with Gasteiger partial charge in [0.15, 0.2) is 0 Å². The highest BCUT2D eigenvalue weighted by molar-refractivity contribution is 5.06. The van der Waals surface area contributed by atoms with Crippen molar-refractivity contribution in [1.29, 1.82) is 5.26 Å². The third-order valence-corrected chi connectivity index (χ3v) is 4.23. The highest BCUT2D eigenvalue weighted by Gasteiger charge is 2.28. The summed E-state index contributed by atoms with van der Waals surface area (Å²) in [6.07, 6.45) is 3.93. The van der Waals surface area contributed by atoms with Crippen LogP contribution in [0.3, 0.4) is 0 Å². The molecule has 0 spiro atoms. The van der Waals surface area contributed by atoms with Gasteiger partial charge >= 0.3 is 0 Å². The number of nitriles is 1. The van der Waals surface area contributed by atoms with E-state index in [1.807, 2.05) is 0 Å². The Bertz CT molecular complexity index is 301. The second-order valence-electron chi connectivity index (χ2n) is 6.24. The van der Waals surface area contributed by atoms with Gasteiger partial charge < -0.3 is 4.74 Å². The average Bonchev–Trinajstić information content (AvgIpc) is 2.48. The van der Waals surface area contributed by atoms with Gasteiger partial charge in [-0.2, -0.15) is 5.26 Å². The Morgan fingerprint density at radius 1 is 1.24 bits per heavy atom. The molecule has 1 N–H and O–H groups in total.